The number of carbonyl (C=O) groups excluding carboxylic acids is 6. The maximum absolute atomic E-state index is 13.0. The molecule has 0 aromatic carbocycles. The summed E-state index contributed by atoms with van der Waals surface area (Å²) < 4.78 is 87.1. The molecule has 0 saturated carbocycles. The molecular formula is C46H84N2O22. The molecular weight excluding hydrogens is 932 g/mol. The Labute approximate surface area is 413 Å². The molecule has 0 heterocycles. The van der Waals surface area contributed by atoms with Crippen LogP contribution in [0.5, 0.6) is 0 Å². The molecule has 70 heavy (non-hydrogen) atoms. The first-order chi connectivity index (χ1) is 34.0. The standard InChI is InChI=1S/C46H84N2O22/c1-41(49)35-65-29-23-59-17-13-55-9-5-47(6-10-56-14-18-60-24-30-66-36-42(2)50)45(53)39-69-33-27-63-21-22-64-28-34-70-40-46(54)48(7-11-57-15-19-61-25-31-67-37-43(3)51)8-12-58-16-20-62-26-32-68-38-44(4)52/h5-40H2,1-4H3. The van der Waals surface area contributed by atoms with Crippen LogP contribution in [0.2, 0.25) is 0 Å². The summed E-state index contributed by atoms with van der Waals surface area (Å²) >= 11 is 0. The Morgan fingerprint density at radius 3 is 0.529 bits per heavy atom. The summed E-state index contributed by atoms with van der Waals surface area (Å²) in [6.07, 6.45) is 0. The molecule has 0 aliphatic heterocycles. The van der Waals surface area contributed by atoms with Gasteiger partial charge in [0.05, 0.1) is 172 Å². The van der Waals surface area contributed by atoms with Crippen molar-refractivity contribution in [2.45, 2.75) is 27.7 Å². The number of hydrogen-bond acceptors (Lipinski definition) is 22. The molecule has 0 radical (unpaired) electrons. The van der Waals surface area contributed by atoms with Crippen molar-refractivity contribution in [3.63, 3.8) is 0 Å². The van der Waals surface area contributed by atoms with Gasteiger partial charge in [0.2, 0.25) is 11.8 Å². The highest BCUT2D eigenvalue weighted by molar-refractivity contribution is 5.78. The van der Waals surface area contributed by atoms with Crippen molar-refractivity contribution < 1.29 is 105 Å². The van der Waals surface area contributed by atoms with Crippen LogP contribution in [0.15, 0.2) is 0 Å². The van der Waals surface area contributed by atoms with Gasteiger partial charge in [-0.2, -0.15) is 0 Å². The Kier molecular flexibility index (Phi) is 50.1. The first-order valence-electron chi connectivity index (χ1n) is 23.8. The summed E-state index contributed by atoms with van der Waals surface area (Å²) in [5, 5.41) is 0. The molecule has 0 bridgehead atoms. The van der Waals surface area contributed by atoms with E-state index in [1.165, 1.54) is 27.7 Å². The highest BCUT2D eigenvalue weighted by Crippen LogP contribution is 1.97. The van der Waals surface area contributed by atoms with E-state index < -0.39 is 0 Å². The summed E-state index contributed by atoms with van der Waals surface area (Å²) in [6.45, 7) is 14.6. The van der Waals surface area contributed by atoms with Crippen molar-refractivity contribution >= 4 is 34.9 Å². The van der Waals surface area contributed by atoms with Gasteiger partial charge in [0.15, 0.2) is 23.1 Å². The van der Waals surface area contributed by atoms with Crippen LogP contribution in [-0.2, 0) is 105 Å². The number of ether oxygens (including phenoxy) is 16. The fraction of sp³-hybridized carbons (Fsp3) is 0.870. The van der Waals surface area contributed by atoms with Crippen LogP contribution in [0.1, 0.15) is 27.7 Å². The molecule has 0 aromatic heterocycles. The van der Waals surface area contributed by atoms with Crippen LogP contribution < -0.4 is 0 Å². The molecule has 0 aliphatic rings. The first kappa shape index (κ1) is 67.0. The highest BCUT2D eigenvalue weighted by Gasteiger charge is 2.15. The SMILES string of the molecule is CC(=O)COCCOCCOCCN(CCOCCOCCOCC(C)=O)C(=O)COCCOCCOCCOCC(=O)N(CCOCCOCCOCC(C)=O)CCOCCOCCOCC(C)=O. The van der Waals surface area contributed by atoms with Crippen LogP contribution in [-0.4, -0.2) is 282 Å². The van der Waals surface area contributed by atoms with Crippen LogP contribution in [0.25, 0.3) is 0 Å². The van der Waals surface area contributed by atoms with Gasteiger partial charge in [0.1, 0.15) is 39.6 Å². The van der Waals surface area contributed by atoms with E-state index >= 15 is 0 Å². The predicted molar refractivity (Wildman–Crippen MR) is 249 cm³/mol. The zero-order valence-corrected chi connectivity index (χ0v) is 42.3. The Balaban J connectivity index is 4.42. The van der Waals surface area contributed by atoms with Crippen molar-refractivity contribution in [2.24, 2.45) is 0 Å². The molecule has 0 aromatic rings. The number of ketones is 4. The van der Waals surface area contributed by atoms with Gasteiger partial charge in [-0.1, -0.05) is 0 Å². The molecule has 410 valence electrons. The summed E-state index contributed by atoms with van der Waals surface area (Å²) in [5.41, 5.74) is 0. The van der Waals surface area contributed by atoms with Crippen LogP contribution in [0.4, 0.5) is 0 Å². The minimum absolute atomic E-state index is 0.0530. The molecule has 0 rings (SSSR count). The number of Topliss-reactive ketones (excluding diaryl/α,β-unsaturated/α-hetero) is 4. The Bertz CT molecular complexity index is 1120. The number of nitrogens with zero attached hydrogens (tertiary/aromatic N) is 2. The third kappa shape index (κ3) is 51.3. The molecule has 0 atom stereocenters. The second kappa shape index (κ2) is 52.3. The average molecular weight is 1020 g/mol. The van der Waals surface area contributed by atoms with Crippen molar-refractivity contribution in [1.82, 2.24) is 9.80 Å². The lowest BCUT2D eigenvalue weighted by molar-refractivity contribution is -0.139. The van der Waals surface area contributed by atoms with Crippen LogP contribution >= 0.6 is 0 Å². The van der Waals surface area contributed by atoms with Gasteiger partial charge in [-0.25, -0.2) is 0 Å². The van der Waals surface area contributed by atoms with Gasteiger partial charge < -0.3 is 85.6 Å². The summed E-state index contributed by atoms with van der Waals surface area (Å²) in [7, 11) is 0. The van der Waals surface area contributed by atoms with Gasteiger partial charge in [0.25, 0.3) is 0 Å². The lowest BCUT2D eigenvalue weighted by atomic mass is 10.4. The molecule has 24 heteroatoms. The molecule has 0 spiro atoms. The molecule has 24 nitrogen and oxygen atoms in total. The van der Waals surface area contributed by atoms with Crippen LogP contribution in [0, 0.1) is 0 Å². The van der Waals surface area contributed by atoms with Crippen molar-refractivity contribution in [3.8, 4) is 0 Å². The smallest absolute Gasteiger partial charge is 0.248 e. The third-order valence-electron chi connectivity index (χ3n) is 8.49. The minimum Gasteiger partial charge on any atom is -0.377 e. The Morgan fingerprint density at radius 2 is 0.357 bits per heavy atom. The van der Waals surface area contributed by atoms with Crippen molar-refractivity contribution in [3.05, 3.63) is 0 Å². The first-order valence-corrected chi connectivity index (χ1v) is 23.8. The minimum atomic E-state index is -0.240. The second-order valence-corrected chi connectivity index (χ2v) is 15.0. The van der Waals surface area contributed by atoms with E-state index in [9.17, 15) is 28.8 Å². The lowest BCUT2D eigenvalue weighted by Crippen LogP contribution is -2.39. The van der Waals surface area contributed by atoms with E-state index in [1.54, 1.807) is 9.80 Å². The van der Waals surface area contributed by atoms with E-state index in [4.69, 9.17) is 75.8 Å². The quantitative estimate of drug-likeness (QED) is 0.0680. The fourth-order valence-electron chi connectivity index (χ4n) is 5.10. The van der Waals surface area contributed by atoms with E-state index in [1.807, 2.05) is 0 Å². The van der Waals surface area contributed by atoms with Gasteiger partial charge in [-0.15, -0.1) is 0 Å². The number of carbonyl (C=O) groups is 6. The molecule has 0 fully saturated rings. The zero-order chi connectivity index (χ0) is 51.4. The average Bonchev–Trinajstić information content (AvgIpc) is 3.32. The van der Waals surface area contributed by atoms with Gasteiger partial charge >= 0.3 is 0 Å². The normalized spacial score (nSPS) is 11.3. The molecule has 0 aliphatic carbocycles. The number of hydrogen-bond donors (Lipinski definition) is 0. The van der Waals surface area contributed by atoms with Gasteiger partial charge in [0, 0.05) is 26.2 Å². The molecule has 0 N–H and O–H groups in total. The van der Waals surface area contributed by atoms with Crippen molar-refractivity contribution in [1.29, 1.82) is 0 Å². The molecule has 2 amide bonds. The fourth-order valence-corrected chi connectivity index (χ4v) is 5.10. The summed E-state index contributed by atoms with van der Waals surface area (Å²) in [5.74, 6) is -0.692. The summed E-state index contributed by atoms with van der Waals surface area (Å²) in [6, 6.07) is 0. The maximum atomic E-state index is 13.0. The molecule has 0 unspecified atom stereocenters. The molecule has 0 saturated heterocycles. The monoisotopic (exact) mass is 1020 g/mol. The largest absolute Gasteiger partial charge is 0.377 e. The van der Waals surface area contributed by atoms with Crippen LogP contribution in [0.3, 0.4) is 0 Å². The zero-order valence-electron chi connectivity index (χ0n) is 42.3. The summed E-state index contributed by atoms with van der Waals surface area (Å²) in [4.78, 5) is 72.9. The van der Waals surface area contributed by atoms with E-state index in [2.05, 4.69) is 0 Å². The lowest BCUT2D eigenvalue weighted by Gasteiger charge is -2.23. The number of amides is 2. The van der Waals surface area contributed by atoms with E-state index in [0.29, 0.717) is 132 Å². The van der Waals surface area contributed by atoms with E-state index in [-0.39, 0.29) is 141 Å². The highest BCUT2D eigenvalue weighted by atomic mass is 16.6. The maximum Gasteiger partial charge on any atom is 0.248 e. The second-order valence-electron chi connectivity index (χ2n) is 15.0. The van der Waals surface area contributed by atoms with E-state index in [0.717, 1.165) is 0 Å². The Morgan fingerprint density at radius 1 is 0.214 bits per heavy atom. The number of rotatable bonds is 57. The third-order valence-corrected chi connectivity index (χ3v) is 8.49. The van der Waals surface area contributed by atoms with Crippen molar-refractivity contribution in [2.75, 3.05) is 238 Å². The van der Waals surface area contributed by atoms with Gasteiger partial charge in [-0.3, -0.25) is 28.8 Å². The predicted octanol–water partition coefficient (Wildman–Crippen LogP) is -0.735. The van der Waals surface area contributed by atoms with Gasteiger partial charge in [-0.05, 0) is 27.7 Å². The Hall–Kier alpha value is -3.02. The topological polar surface area (TPSA) is 257 Å².